The molecule has 2 heteroatoms. The van der Waals surface area contributed by atoms with Crippen molar-refractivity contribution >= 4 is 0 Å². The maximum Gasteiger partial charge on any atom is 0.0626 e. The number of rotatable bonds is 5. The van der Waals surface area contributed by atoms with E-state index in [9.17, 15) is 5.11 Å². The van der Waals surface area contributed by atoms with Crippen LogP contribution in [0.5, 0.6) is 0 Å². The van der Waals surface area contributed by atoms with Gasteiger partial charge in [0.15, 0.2) is 0 Å². The van der Waals surface area contributed by atoms with Gasteiger partial charge in [-0.3, -0.25) is 0 Å². The van der Waals surface area contributed by atoms with Gasteiger partial charge in [-0.05, 0) is 18.9 Å². The monoisotopic (exact) mass is 193 g/mol. The molecule has 1 aromatic carbocycles. The quantitative estimate of drug-likeness (QED) is 0.750. The summed E-state index contributed by atoms with van der Waals surface area (Å²) in [5.41, 5.74) is 1.15. The lowest BCUT2D eigenvalue weighted by atomic mass is 10.1. The van der Waals surface area contributed by atoms with Crippen molar-refractivity contribution in [2.75, 3.05) is 6.61 Å². The van der Waals surface area contributed by atoms with Gasteiger partial charge in [-0.1, -0.05) is 37.3 Å². The van der Waals surface area contributed by atoms with E-state index >= 15 is 0 Å². The largest absolute Gasteiger partial charge is 0.394 e. The first-order valence-electron chi connectivity index (χ1n) is 5.19. The van der Waals surface area contributed by atoms with Crippen molar-refractivity contribution < 1.29 is 5.11 Å². The predicted octanol–water partition coefficient (Wildman–Crippen LogP) is 2.11. The summed E-state index contributed by atoms with van der Waals surface area (Å²) >= 11 is 0. The Bertz CT molecular complexity index is 248. The van der Waals surface area contributed by atoms with E-state index in [0.29, 0.717) is 6.04 Å². The average molecular weight is 193 g/mol. The van der Waals surface area contributed by atoms with E-state index in [1.807, 2.05) is 30.3 Å². The summed E-state index contributed by atoms with van der Waals surface area (Å²) < 4.78 is 0. The summed E-state index contributed by atoms with van der Waals surface area (Å²) in [6.07, 6.45) is 1.07. The molecule has 0 radical (unpaired) electrons. The van der Waals surface area contributed by atoms with Crippen molar-refractivity contribution in [1.82, 2.24) is 5.32 Å². The molecule has 0 amide bonds. The van der Waals surface area contributed by atoms with Gasteiger partial charge in [0.2, 0.25) is 0 Å². The molecule has 0 unspecified atom stereocenters. The summed E-state index contributed by atoms with van der Waals surface area (Å²) in [4.78, 5) is 0. The van der Waals surface area contributed by atoms with Gasteiger partial charge in [-0.15, -0.1) is 0 Å². The minimum Gasteiger partial charge on any atom is -0.394 e. The third-order valence-electron chi connectivity index (χ3n) is 2.48. The van der Waals surface area contributed by atoms with E-state index in [2.05, 4.69) is 19.2 Å². The number of hydrogen-bond acceptors (Lipinski definition) is 2. The van der Waals surface area contributed by atoms with E-state index < -0.39 is 0 Å². The van der Waals surface area contributed by atoms with Gasteiger partial charge in [-0.2, -0.15) is 0 Å². The number of benzene rings is 1. The molecular formula is C12H19NO. The molecule has 0 bridgehead atoms. The SMILES string of the molecule is CC[C@@H](C)N[C@@H](CO)c1ccccc1. The van der Waals surface area contributed by atoms with Crippen molar-refractivity contribution in [3.05, 3.63) is 35.9 Å². The molecule has 0 aliphatic carbocycles. The van der Waals surface area contributed by atoms with Crippen LogP contribution in [0.1, 0.15) is 31.9 Å². The molecule has 2 N–H and O–H groups in total. The van der Waals surface area contributed by atoms with Gasteiger partial charge in [0.05, 0.1) is 12.6 Å². The summed E-state index contributed by atoms with van der Waals surface area (Å²) in [5, 5.41) is 12.6. The molecule has 14 heavy (non-hydrogen) atoms. The fourth-order valence-electron chi connectivity index (χ4n) is 1.40. The van der Waals surface area contributed by atoms with E-state index in [1.54, 1.807) is 0 Å². The highest BCUT2D eigenvalue weighted by molar-refractivity contribution is 5.18. The van der Waals surface area contributed by atoms with Crippen LogP contribution >= 0.6 is 0 Å². The van der Waals surface area contributed by atoms with Crippen molar-refractivity contribution in [2.24, 2.45) is 0 Å². The summed E-state index contributed by atoms with van der Waals surface area (Å²) in [6, 6.07) is 10.6. The zero-order valence-electron chi connectivity index (χ0n) is 8.90. The van der Waals surface area contributed by atoms with Crippen LogP contribution in [0.25, 0.3) is 0 Å². The van der Waals surface area contributed by atoms with Crippen LogP contribution in [0.2, 0.25) is 0 Å². The van der Waals surface area contributed by atoms with E-state index in [1.165, 1.54) is 0 Å². The lowest BCUT2D eigenvalue weighted by molar-refractivity contribution is 0.234. The minimum absolute atomic E-state index is 0.0612. The van der Waals surface area contributed by atoms with Gasteiger partial charge in [0.25, 0.3) is 0 Å². The number of nitrogens with one attached hydrogen (secondary N) is 1. The summed E-state index contributed by atoms with van der Waals surface area (Å²) in [6.45, 7) is 4.41. The smallest absolute Gasteiger partial charge is 0.0626 e. The zero-order valence-corrected chi connectivity index (χ0v) is 8.90. The minimum atomic E-state index is 0.0612. The molecule has 2 nitrogen and oxygen atoms in total. The van der Waals surface area contributed by atoms with Gasteiger partial charge in [-0.25, -0.2) is 0 Å². The first-order chi connectivity index (χ1) is 6.77. The molecule has 78 valence electrons. The van der Waals surface area contributed by atoms with Crippen molar-refractivity contribution in [2.45, 2.75) is 32.4 Å². The number of hydrogen-bond donors (Lipinski definition) is 2. The zero-order chi connectivity index (χ0) is 10.4. The Morgan fingerprint density at radius 2 is 1.93 bits per heavy atom. The molecule has 2 atom stereocenters. The predicted molar refractivity (Wildman–Crippen MR) is 59.2 cm³/mol. The maximum absolute atomic E-state index is 9.26. The highest BCUT2D eigenvalue weighted by Crippen LogP contribution is 2.12. The third kappa shape index (κ3) is 3.13. The second-order valence-electron chi connectivity index (χ2n) is 3.62. The molecule has 0 aromatic heterocycles. The number of aliphatic hydroxyl groups is 1. The van der Waals surface area contributed by atoms with Gasteiger partial charge in [0, 0.05) is 6.04 Å². The Morgan fingerprint density at radius 1 is 1.29 bits per heavy atom. The van der Waals surface area contributed by atoms with Gasteiger partial charge >= 0.3 is 0 Å². The fraction of sp³-hybridized carbons (Fsp3) is 0.500. The van der Waals surface area contributed by atoms with Crippen LogP contribution < -0.4 is 5.32 Å². The first kappa shape index (κ1) is 11.2. The van der Waals surface area contributed by atoms with Crippen molar-refractivity contribution in [1.29, 1.82) is 0 Å². The second-order valence-corrected chi connectivity index (χ2v) is 3.62. The van der Waals surface area contributed by atoms with E-state index in [-0.39, 0.29) is 12.6 Å². The first-order valence-corrected chi connectivity index (χ1v) is 5.19. The van der Waals surface area contributed by atoms with Crippen molar-refractivity contribution in [3.63, 3.8) is 0 Å². The van der Waals surface area contributed by atoms with Crippen LogP contribution in [0.15, 0.2) is 30.3 Å². The van der Waals surface area contributed by atoms with Crippen LogP contribution in [0.3, 0.4) is 0 Å². The maximum atomic E-state index is 9.26. The molecule has 0 saturated carbocycles. The van der Waals surface area contributed by atoms with Gasteiger partial charge < -0.3 is 10.4 Å². The third-order valence-corrected chi connectivity index (χ3v) is 2.48. The van der Waals surface area contributed by atoms with Crippen molar-refractivity contribution in [3.8, 4) is 0 Å². The van der Waals surface area contributed by atoms with E-state index in [0.717, 1.165) is 12.0 Å². The summed E-state index contributed by atoms with van der Waals surface area (Å²) in [7, 11) is 0. The van der Waals surface area contributed by atoms with Crippen LogP contribution in [-0.4, -0.2) is 17.8 Å². The lowest BCUT2D eigenvalue weighted by Gasteiger charge is -2.20. The normalized spacial score (nSPS) is 15.1. The highest BCUT2D eigenvalue weighted by Gasteiger charge is 2.11. The molecule has 0 fully saturated rings. The Morgan fingerprint density at radius 3 is 2.43 bits per heavy atom. The number of aliphatic hydroxyl groups excluding tert-OH is 1. The Kier molecular flexibility index (Phi) is 4.63. The van der Waals surface area contributed by atoms with Crippen LogP contribution in [0, 0.1) is 0 Å². The molecule has 0 saturated heterocycles. The Labute approximate surface area is 86.0 Å². The lowest BCUT2D eigenvalue weighted by Crippen LogP contribution is -2.32. The van der Waals surface area contributed by atoms with Crippen LogP contribution in [0.4, 0.5) is 0 Å². The molecule has 1 rings (SSSR count). The summed E-state index contributed by atoms with van der Waals surface area (Å²) in [5.74, 6) is 0. The topological polar surface area (TPSA) is 32.3 Å². The molecule has 0 aliphatic heterocycles. The second kappa shape index (κ2) is 5.78. The highest BCUT2D eigenvalue weighted by atomic mass is 16.3. The standard InChI is InChI=1S/C12H19NO/c1-3-10(2)13-12(9-14)11-7-5-4-6-8-11/h4-8,10,12-14H,3,9H2,1-2H3/t10-,12+/m1/s1. The Hall–Kier alpha value is -0.860. The molecular weight excluding hydrogens is 174 g/mol. The van der Waals surface area contributed by atoms with Crippen LogP contribution in [-0.2, 0) is 0 Å². The average Bonchev–Trinajstić information content (AvgIpc) is 2.26. The van der Waals surface area contributed by atoms with Gasteiger partial charge in [0.1, 0.15) is 0 Å². The molecule has 1 aromatic rings. The molecule has 0 aliphatic rings. The molecule has 0 spiro atoms. The Balaban J connectivity index is 2.63. The fourth-order valence-corrected chi connectivity index (χ4v) is 1.40. The molecule has 0 heterocycles. The van der Waals surface area contributed by atoms with E-state index in [4.69, 9.17) is 0 Å².